The molecule has 0 unspecified atom stereocenters. The fraction of sp³-hybridized carbons (Fsp3) is 0.105. The van der Waals surface area contributed by atoms with Crippen molar-refractivity contribution in [2.75, 3.05) is 0 Å². The van der Waals surface area contributed by atoms with E-state index in [0.717, 1.165) is 5.82 Å². The monoisotopic (exact) mass is 426 g/mol. The van der Waals surface area contributed by atoms with Crippen molar-refractivity contribution in [3.8, 4) is 0 Å². The van der Waals surface area contributed by atoms with E-state index in [-0.39, 0.29) is 0 Å². The molecule has 0 fully saturated rings. The number of nitrogens with one attached hydrogen (secondary N) is 2. The van der Waals surface area contributed by atoms with E-state index in [9.17, 15) is 9.59 Å². The lowest BCUT2D eigenvalue weighted by molar-refractivity contribution is -0.124. The van der Waals surface area contributed by atoms with Crippen LogP contribution in [0.25, 0.3) is 6.08 Å². The van der Waals surface area contributed by atoms with E-state index in [4.69, 9.17) is 9.62 Å². The van der Waals surface area contributed by atoms with E-state index in [1.165, 1.54) is 35.6 Å². The molecule has 3 aromatic rings. The SMILES string of the molecule is Cc1nnc(Sc2ccc(/C=N/NC(=O)c3ccc(/C=C/C(=O)NO)cc3)o2)n1C. The number of hydroxylamine groups is 1. The lowest BCUT2D eigenvalue weighted by Gasteiger charge is -2.00. The molecule has 0 radical (unpaired) electrons. The van der Waals surface area contributed by atoms with Gasteiger partial charge in [0.25, 0.3) is 11.8 Å². The molecule has 2 amide bonds. The highest BCUT2D eigenvalue weighted by molar-refractivity contribution is 7.99. The number of hydrogen-bond acceptors (Lipinski definition) is 8. The Balaban J connectivity index is 1.54. The molecular formula is C19H18N6O4S. The molecule has 3 rings (SSSR count). The Labute approximate surface area is 175 Å². The smallest absolute Gasteiger partial charge is 0.271 e. The number of amides is 2. The average molecular weight is 426 g/mol. The first kappa shape index (κ1) is 21.0. The maximum Gasteiger partial charge on any atom is 0.271 e. The maximum absolute atomic E-state index is 12.2. The number of nitrogens with zero attached hydrogens (tertiary/aromatic N) is 4. The summed E-state index contributed by atoms with van der Waals surface area (Å²) >= 11 is 1.33. The highest BCUT2D eigenvalue weighted by atomic mass is 32.2. The van der Waals surface area contributed by atoms with Gasteiger partial charge in [-0.1, -0.05) is 12.1 Å². The second-order valence-electron chi connectivity index (χ2n) is 5.98. The summed E-state index contributed by atoms with van der Waals surface area (Å²) in [5.74, 6) is 0.232. The van der Waals surface area contributed by atoms with Gasteiger partial charge in [0.2, 0.25) is 0 Å². The molecule has 0 atom stereocenters. The van der Waals surface area contributed by atoms with Crippen LogP contribution >= 0.6 is 11.8 Å². The van der Waals surface area contributed by atoms with Crippen LogP contribution < -0.4 is 10.9 Å². The van der Waals surface area contributed by atoms with Gasteiger partial charge in [-0.15, -0.1) is 10.2 Å². The Morgan fingerprint density at radius 1 is 1.20 bits per heavy atom. The first-order valence-electron chi connectivity index (χ1n) is 8.65. The van der Waals surface area contributed by atoms with Crippen molar-refractivity contribution in [1.29, 1.82) is 0 Å². The standard InChI is InChI=1S/C19H18N6O4S/c1-12-21-23-19(25(12)2)30-17-10-8-15(29-17)11-20-22-18(27)14-6-3-13(4-7-14)5-9-16(26)24-28/h3-11,28H,1-2H3,(H,22,27)(H,24,26)/b9-5+,20-11+. The summed E-state index contributed by atoms with van der Waals surface area (Å²) in [6.07, 6.45) is 4.07. The molecule has 2 heterocycles. The molecule has 0 saturated heterocycles. The summed E-state index contributed by atoms with van der Waals surface area (Å²) in [4.78, 5) is 23.1. The fourth-order valence-electron chi connectivity index (χ4n) is 2.20. The number of carbonyl (C=O) groups excluding carboxylic acids is 2. The predicted molar refractivity (Wildman–Crippen MR) is 109 cm³/mol. The van der Waals surface area contributed by atoms with Gasteiger partial charge >= 0.3 is 0 Å². The molecular weight excluding hydrogens is 408 g/mol. The number of carbonyl (C=O) groups is 2. The number of aromatic nitrogens is 3. The van der Waals surface area contributed by atoms with Crippen molar-refractivity contribution in [2.45, 2.75) is 17.2 Å². The van der Waals surface area contributed by atoms with Crippen molar-refractivity contribution >= 4 is 35.9 Å². The first-order chi connectivity index (χ1) is 14.5. The van der Waals surface area contributed by atoms with Crippen LogP contribution in [0.5, 0.6) is 0 Å². The number of benzene rings is 1. The number of aryl methyl sites for hydroxylation is 1. The molecule has 0 aliphatic heterocycles. The van der Waals surface area contributed by atoms with Crippen LogP contribution in [0.15, 0.2) is 62.2 Å². The van der Waals surface area contributed by atoms with Gasteiger partial charge < -0.3 is 8.98 Å². The maximum atomic E-state index is 12.2. The zero-order valence-corrected chi connectivity index (χ0v) is 16.9. The van der Waals surface area contributed by atoms with Gasteiger partial charge in [0.05, 0.1) is 6.21 Å². The lowest BCUT2D eigenvalue weighted by atomic mass is 10.1. The highest BCUT2D eigenvalue weighted by Gasteiger charge is 2.10. The molecule has 1 aromatic carbocycles. The van der Waals surface area contributed by atoms with Crippen molar-refractivity contribution in [1.82, 2.24) is 25.7 Å². The summed E-state index contributed by atoms with van der Waals surface area (Å²) in [5.41, 5.74) is 5.00. The van der Waals surface area contributed by atoms with Gasteiger partial charge in [-0.25, -0.2) is 10.9 Å². The van der Waals surface area contributed by atoms with Crippen LogP contribution in [-0.4, -0.2) is 38.0 Å². The molecule has 3 N–H and O–H groups in total. The molecule has 2 aromatic heterocycles. The number of rotatable bonds is 7. The van der Waals surface area contributed by atoms with Gasteiger partial charge in [-0.3, -0.25) is 14.8 Å². The van der Waals surface area contributed by atoms with E-state index in [1.807, 2.05) is 18.5 Å². The van der Waals surface area contributed by atoms with E-state index in [1.54, 1.807) is 36.4 Å². The Morgan fingerprint density at radius 3 is 2.63 bits per heavy atom. The quantitative estimate of drug-likeness (QED) is 0.228. The zero-order valence-electron chi connectivity index (χ0n) is 16.1. The molecule has 0 aliphatic carbocycles. The van der Waals surface area contributed by atoms with Crippen LogP contribution in [-0.2, 0) is 11.8 Å². The largest absolute Gasteiger partial charge is 0.448 e. The molecule has 0 spiro atoms. The molecule has 0 saturated carbocycles. The Hall–Kier alpha value is -3.70. The second kappa shape index (κ2) is 9.67. The van der Waals surface area contributed by atoms with Crippen LogP contribution in [0.3, 0.4) is 0 Å². The summed E-state index contributed by atoms with van der Waals surface area (Å²) in [6.45, 7) is 1.86. The first-order valence-corrected chi connectivity index (χ1v) is 9.47. The minimum absolute atomic E-state index is 0.393. The lowest BCUT2D eigenvalue weighted by Crippen LogP contribution is -2.17. The summed E-state index contributed by atoms with van der Waals surface area (Å²) in [6, 6.07) is 10.00. The number of hydrogen-bond donors (Lipinski definition) is 3. The predicted octanol–water partition coefficient (Wildman–Crippen LogP) is 2.15. The molecule has 0 aliphatic rings. The van der Waals surface area contributed by atoms with Gasteiger partial charge in [0, 0.05) is 18.7 Å². The van der Waals surface area contributed by atoms with Crippen LogP contribution in [0, 0.1) is 6.92 Å². The molecule has 154 valence electrons. The average Bonchev–Trinajstić information content (AvgIpc) is 3.33. The van der Waals surface area contributed by atoms with Crippen molar-refractivity contribution in [3.63, 3.8) is 0 Å². The van der Waals surface area contributed by atoms with E-state index in [0.29, 0.717) is 27.1 Å². The molecule has 0 bridgehead atoms. The van der Waals surface area contributed by atoms with Gasteiger partial charge in [0.1, 0.15) is 11.6 Å². The van der Waals surface area contributed by atoms with Crippen LogP contribution in [0.2, 0.25) is 0 Å². The highest BCUT2D eigenvalue weighted by Crippen LogP contribution is 2.27. The third-order valence-electron chi connectivity index (χ3n) is 3.91. The third kappa shape index (κ3) is 5.43. The Bertz CT molecular complexity index is 1100. The molecule has 30 heavy (non-hydrogen) atoms. The zero-order chi connectivity index (χ0) is 21.5. The Morgan fingerprint density at radius 2 is 1.97 bits per heavy atom. The molecule has 10 nitrogen and oxygen atoms in total. The third-order valence-corrected chi connectivity index (χ3v) is 4.87. The molecule has 11 heteroatoms. The number of hydrazone groups is 1. The fourth-order valence-corrected chi connectivity index (χ4v) is 3.00. The van der Waals surface area contributed by atoms with Gasteiger partial charge in [-0.05, 0) is 54.6 Å². The van der Waals surface area contributed by atoms with Gasteiger partial charge in [-0.2, -0.15) is 5.10 Å². The van der Waals surface area contributed by atoms with Crippen molar-refractivity contribution < 1.29 is 19.2 Å². The Kier molecular flexibility index (Phi) is 6.78. The summed E-state index contributed by atoms with van der Waals surface area (Å²) in [5, 5.41) is 21.7. The van der Waals surface area contributed by atoms with Crippen LogP contribution in [0.4, 0.5) is 0 Å². The van der Waals surface area contributed by atoms with Crippen molar-refractivity contribution in [2.24, 2.45) is 12.1 Å². The summed E-state index contributed by atoms with van der Waals surface area (Å²) < 4.78 is 7.48. The minimum Gasteiger partial charge on any atom is -0.448 e. The van der Waals surface area contributed by atoms with E-state index >= 15 is 0 Å². The van der Waals surface area contributed by atoms with Crippen LogP contribution in [0.1, 0.15) is 27.5 Å². The normalized spacial score (nSPS) is 11.3. The summed E-state index contributed by atoms with van der Waals surface area (Å²) in [7, 11) is 1.87. The second-order valence-corrected chi connectivity index (χ2v) is 6.95. The van der Waals surface area contributed by atoms with E-state index in [2.05, 4.69) is 20.7 Å². The number of furan rings is 1. The minimum atomic E-state index is -0.641. The van der Waals surface area contributed by atoms with Crippen molar-refractivity contribution in [3.05, 3.63) is 65.2 Å². The topological polar surface area (TPSA) is 135 Å². The van der Waals surface area contributed by atoms with E-state index < -0.39 is 11.8 Å². The van der Waals surface area contributed by atoms with Gasteiger partial charge in [0.15, 0.2) is 10.2 Å².